The Morgan fingerprint density at radius 1 is 1.29 bits per heavy atom. The van der Waals surface area contributed by atoms with Gasteiger partial charge in [-0.1, -0.05) is 0 Å². The van der Waals surface area contributed by atoms with Crippen LogP contribution in [0.25, 0.3) is 11.4 Å². The lowest BCUT2D eigenvalue weighted by Gasteiger charge is -2.08. The van der Waals surface area contributed by atoms with Crippen LogP contribution in [0.1, 0.15) is 24.3 Å². The van der Waals surface area contributed by atoms with Crippen molar-refractivity contribution in [3.8, 4) is 11.4 Å². The standard InChI is InChI=1S/C12H12BrN3O/c1-7-11(8(2)17)6-15-12(16-7)9-3-10(13)5-14-4-9/h3-6,8,17H,1-2H3. The van der Waals surface area contributed by atoms with E-state index in [-0.39, 0.29) is 0 Å². The Morgan fingerprint density at radius 2 is 2.06 bits per heavy atom. The predicted molar refractivity (Wildman–Crippen MR) is 68.3 cm³/mol. The second-order valence-corrected chi connectivity index (χ2v) is 4.72. The highest BCUT2D eigenvalue weighted by Gasteiger charge is 2.09. The first-order valence-corrected chi connectivity index (χ1v) is 5.99. The van der Waals surface area contributed by atoms with E-state index in [1.807, 2.05) is 13.0 Å². The van der Waals surface area contributed by atoms with Crippen molar-refractivity contribution in [1.82, 2.24) is 15.0 Å². The molecule has 2 aromatic rings. The summed E-state index contributed by atoms with van der Waals surface area (Å²) in [5.41, 5.74) is 2.38. The molecule has 0 saturated heterocycles. The Balaban J connectivity index is 2.44. The van der Waals surface area contributed by atoms with Gasteiger partial charge in [-0.15, -0.1) is 0 Å². The van der Waals surface area contributed by atoms with Gasteiger partial charge in [0.15, 0.2) is 5.82 Å². The molecule has 1 unspecified atom stereocenters. The first-order valence-electron chi connectivity index (χ1n) is 5.20. The van der Waals surface area contributed by atoms with Crippen molar-refractivity contribution < 1.29 is 5.11 Å². The van der Waals surface area contributed by atoms with Crippen LogP contribution in [0, 0.1) is 6.92 Å². The van der Waals surface area contributed by atoms with Crippen LogP contribution in [0.5, 0.6) is 0 Å². The highest BCUT2D eigenvalue weighted by atomic mass is 79.9. The Morgan fingerprint density at radius 3 is 2.65 bits per heavy atom. The van der Waals surface area contributed by atoms with Gasteiger partial charge in [0.05, 0.1) is 6.10 Å². The summed E-state index contributed by atoms with van der Waals surface area (Å²) in [7, 11) is 0. The maximum atomic E-state index is 9.51. The van der Waals surface area contributed by atoms with Crippen LogP contribution >= 0.6 is 15.9 Å². The van der Waals surface area contributed by atoms with E-state index in [1.165, 1.54) is 0 Å². The minimum Gasteiger partial charge on any atom is -0.389 e. The number of rotatable bonds is 2. The molecule has 0 amide bonds. The number of aromatic nitrogens is 3. The Labute approximate surface area is 108 Å². The predicted octanol–water partition coefficient (Wildman–Crippen LogP) is 2.66. The van der Waals surface area contributed by atoms with Crippen LogP contribution in [0.2, 0.25) is 0 Å². The third kappa shape index (κ3) is 2.68. The molecule has 4 nitrogen and oxygen atoms in total. The first kappa shape index (κ1) is 12.1. The van der Waals surface area contributed by atoms with Crippen molar-refractivity contribution in [2.45, 2.75) is 20.0 Å². The molecule has 0 aromatic carbocycles. The van der Waals surface area contributed by atoms with Gasteiger partial charge in [0, 0.05) is 39.9 Å². The fourth-order valence-electron chi connectivity index (χ4n) is 1.56. The molecule has 5 heteroatoms. The first-order chi connectivity index (χ1) is 8.08. The SMILES string of the molecule is Cc1nc(-c2cncc(Br)c2)ncc1C(C)O. The molecule has 17 heavy (non-hydrogen) atoms. The quantitative estimate of drug-likeness (QED) is 0.925. The lowest BCUT2D eigenvalue weighted by Crippen LogP contribution is -2.01. The zero-order valence-corrected chi connectivity index (χ0v) is 11.1. The van der Waals surface area contributed by atoms with E-state index in [0.29, 0.717) is 5.82 Å². The number of pyridine rings is 1. The number of aryl methyl sites for hydroxylation is 1. The summed E-state index contributed by atoms with van der Waals surface area (Å²) in [5.74, 6) is 0.612. The van der Waals surface area contributed by atoms with Crippen molar-refractivity contribution in [3.63, 3.8) is 0 Å². The molecule has 1 atom stereocenters. The number of hydrogen-bond acceptors (Lipinski definition) is 4. The number of aliphatic hydroxyl groups is 1. The van der Waals surface area contributed by atoms with Crippen LogP contribution < -0.4 is 0 Å². The van der Waals surface area contributed by atoms with Crippen molar-refractivity contribution in [2.24, 2.45) is 0 Å². The second kappa shape index (κ2) is 4.89. The molecule has 1 N–H and O–H groups in total. The van der Waals surface area contributed by atoms with Gasteiger partial charge in [-0.2, -0.15) is 0 Å². The molecule has 0 radical (unpaired) electrons. The summed E-state index contributed by atoms with van der Waals surface area (Å²) < 4.78 is 0.885. The Hall–Kier alpha value is -1.33. The topological polar surface area (TPSA) is 58.9 Å². The maximum absolute atomic E-state index is 9.51. The maximum Gasteiger partial charge on any atom is 0.160 e. The van der Waals surface area contributed by atoms with E-state index in [0.717, 1.165) is 21.3 Å². The van der Waals surface area contributed by atoms with E-state index in [2.05, 4.69) is 30.9 Å². The van der Waals surface area contributed by atoms with Crippen LogP contribution in [-0.4, -0.2) is 20.1 Å². The smallest absolute Gasteiger partial charge is 0.160 e. The summed E-state index contributed by atoms with van der Waals surface area (Å²) in [4.78, 5) is 12.7. The third-order valence-corrected chi connectivity index (χ3v) is 2.86. The molecule has 2 heterocycles. The molecule has 0 spiro atoms. The van der Waals surface area contributed by atoms with Crippen molar-refractivity contribution in [2.75, 3.05) is 0 Å². The summed E-state index contributed by atoms with van der Waals surface area (Å²) in [5, 5.41) is 9.51. The van der Waals surface area contributed by atoms with Gasteiger partial charge in [-0.05, 0) is 35.8 Å². The fourth-order valence-corrected chi connectivity index (χ4v) is 1.92. The van der Waals surface area contributed by atoms with Crippen molar-refractivity contribution >= 4 is 15.9 Å². The Bertz CT molecular complexity index is 543. The molecule has 0 aliphatic carbocycles. The minimum absolute atomic E-state index is 0.551. The van der Waals surface area contributed by atoms with Gasteiger partial charge in [-0.3, -0.25) is 4.98 Å². The fraction of sp³-hybridized carbons (Fsp3) is 0.250. The summed E-state index contributed by atoms with van der Waals surface area (Å²) in [6.07, 6.45) is 4.52. The molecule has 0 fully saturated rings. The normalized spacial score (nSPS) is 12.5. The molecule has 2 aromatic heterocycles. The largest absolute Gasteiger partial charge is 0.389 e. The average Bonchev–Trinajstić information content (AvgIpc) is 2.28. The number of nitrogens with zero attached hydrogens (tertiary/aromatic N) is 3. The van der Waals surface area contributed by atoms with Gasteiger partial charge in [0.1, 0.15) is 0 Å². The number of aliphatic hydroxyl groups excluding tert-OH is 1. The van der Waals surface area contributed by atoms with Gasteiger partial charge >= 0.3 is 0 Å². The van der Waals surface area contributed by atoms with E-state index in [4.69, 9.17) is 0 Å². The lowest BCUT2D eigenvalue weighted by atomic mass is 10.1. The second-order valence-electron chi connectivity index (χ2n) is 3.80. The highest BCUT2D eigenvalue weighted by Crippen LogP contribution is 2.21. The lowest BCUT2D eigenvalue weighted by molar-refractivity contribution is 0.197. The van der Waals surface area contributed by atoms with E-state index >= 15 is 0 Å². The minimum atomic E-state index is -0.551. The van der Waals surface area contributed by atoms with Crippen molar-refractivity contribution in [1.29, 1.82) is 0 Å². The van der Waals surface area contributed by atoms with Crippen LogP contribution in [0.4, 0.5) is 0 Å². The van der Waals surface area contributed by atoms with Crippen LogP contribution in [-0.2, 0) is 0 Å². The van der Waals surface area contributed by atoms with Crippen LogP contribution in [0.15, 0.2) is 29.1 Å². The van der Waals surface area contributed by atoms with Crippen molar-refractivity contribution in [3.05, 3.63) is 40.4 Å². The molecule has 2 rings (SSSR count). The molecule has 0 saturated carbocycles. The van der Waals surface area contributed by atoms with Gasteiger partial charge in [-0.25, -0.2) is 9.97 Å². The van der Waals surface area contributed by atoms with E-state index in [1.54, 1.807) is 25.5 Å². The van der Waals surface area contributed by atoms with Gasteiger partial charge in [0.2, 0.25) is 0 Å². The summed E-state index contributed by atoms with van der Waals surface area (Å²) in [6, 6.07) is 1.91. The van der Waals surface area contributed by atoms with E-state index < -0.39 is 6.10 Å². The number of hydrogen-bond donors (Lipinski definition) is 1. The van der Waals surface area contributed by atoms with Crippen LogP contribution in [0.3, 0.4) is 0 Å². The average molecular weight is 294 g/mol. The Kier molecular flexibility index (Phi) is 3.49. The molecule has 0 aliphatic rings. The zero-order chi connectivity index (χ0) is 12.4. The zero-order valence-electron chi connectivity index (χ0n) is 9.55. The molecular weight excluding hydrogens is 282 g/mol. The summed E-state index contributed by atoms with van der Waals surface area (Å²) >= 11 is 3.36. The molecule has 0 aliphatic heterocycles. The molecule has 88 valence electrons. The monoisotopic (exact) mass is 293 g/mol. The highest BCUT2D eigenvalue weighted by molar-refractivity contribution is 9.10. The summed E-state index contributed by atoms with van der Waals surface area (Å²) in [6.45, 7) is 3.56. The van der Waals surface area contributed by atoms with Gasteiger partial charge < -0.3 is 5.11 Å². The third-order valence-electron chi connectivity index (χ3n) is 2.43. The molecule has 0 bridgehead atoms. The molecular formula is C12H12BrN3O. The van der Waals surface area contributed by atoms with E-state index in [9.17, 15) is 5.11 Å². The number of halogens is 1. The van der Waals surface area contributed by atoms with Gasteiger partial charge in [0.25, 0.3) is 0 Å².